The molecule has 2 rings (SSSR count). The maximum absolute atomic E-state index is 12.6. The number of sulfonamides is 1. The van der Waals surface area contributed by atoms with E-state index in [2.05, 4.69) is 21.2 Å². The van der Waals surface area contributed by atoms with E-state index in [0.717, 1.165) is 26.2 Å². The lowest BCUT2D eigenvalue weighted by molar-refractivity contribution is -0.120. The van der Waals surface area contributed by atoms with Gasteiger partial charge in [0, 0.05) is 4.47 Å². The Morgan fingerprint density at radius 1 is 1.15 bits per heavy atom. The highest BCUT2D eigenvalue weighted by atomic mass is 79.9. The molecule has 0 saturated heterocycles. The number of hydrogen-bond donors (Lipinski definition) is 1. The first-order valence-corrected chi connectivity index (χ1v) is 10.9. The molecule has 5 nitrogen and oxygen atoms in total. The number of aryl methyl sites for hydroxylation is 1. The lowest BCUT2D eigenvalue weighted by Gasteiger charge is -2.25. The number of nitrogens with one attached hydrogen (secondary N) is 1. The van der Waals surface area contributed by atoms with Crippen molar-refractivity contribution in [2.45, 2.75) is 26.3 Å². The van der Waals surface area contributed by atoms with Gasteiger partial charge in [-0.05, 0) is 42.7 Å². The van der Waals surface area contributed by atoms with E-state index in [0.29, 0.717) is 12.1 Å². The zero-order chi connectivity index (χ0) is 19.3. The molecule has 0 saturated carbocycles. The summed E-state index contributed by atoms with van der Waals surface area (Å²) in [5, 5.41) is 2.93. The number of nitrogens with zero attached hydrogens (tertiary/aromatic N) is 1. The van der Waals surface area contributed by atoms with E-state index in [-0.39, 0.29) is 18.5 Å². The number of hydrogen-bond acceptors (Lipinski definition) is 3. The molecule has 140 valence electrons. The topological polar surface area (TPSA) is 66.5 Å². The summed E-state index contributed by atoms with van der Waals surface area (Å²) in [6, 6.07) is 14.7. The van der Waals surface area contributed by atoms with Crippen LogP contribution in [0.15, 0.2) is 53.0 Å². The highest BCUT2D eigenvalue weighted by molar-refractivity contribution is 9.10. The summed E-state index contributed by atoms with van der Waals surface area (Å²) in [6.45, 7) is 3.54. The van der Waals surface area contributed by atoms with Crippen molar-refractivity contribution in [1.29, 1.82) is 0 Å². The number of carbonyl (C=O) groups is 1. The number of rotatable bonds is 7. The van der Waals surface area contributed by atoms with Crippen LogP contribution in [0, 0.1) is 6.92 Å². The average Bonchev–Trinajstić information content (AvgIpc) is 2.58. The van der Waals surface area contributed by atoms with E-state index in [1.807, 2.05) is 50.2 Å². The summed E-state index contributed by atoms with van der Waals surface area (Å²) in [5.74, 6) is -0.339. The molecular weight excluding hydrogens is 416 g/mol. The number of benzene rings is 2. The first kappa shape index (κ1) is 20.5. The van der Waals surface area contributed by atoms with Gasteiger partial charge in [0.25, 0.3) is 0 Å². The molecule has 2 aromatic rings. The van der Waals surface area contributed by atoms with Gasteiger partial charge in [0.2, 0.25) is 15.9 Å². The zero-order valence-corrected chi connectivity index (χ0v) is 17.5. The number of amides is 1. The van der Waals surface area contributed by atoms with Crippen LogP contribution < -0.4 is 9.62 Å². The quantitative estimate of drug-likeness (QED) is 0.714. The number of para-hydroxylation sites is 1. The van der Waals surface area contributed by atoms with Gasteiger partial charge in [-0.1, -0.05) is 53.2 Å². The molecule has 26 heavy (non-hydrogen) atoms. The fourth-order valence-corrected chi connectivity index (χ4v) is 3.89. The Hall–Kier alpha value is -1.86. The largest absolute Gasteiger partial charge is 0.348 e. The van der Waals surface area contributed by atoms with Gasteiger partial charge in [-0.25, -0.2) is 8.42 Å². The van der Waals surface area contributed by atoms with E-state index in [1.165, 1.54) is 0 Å². The van der Waals surface area contributed by atoms with Gasteiger partial charge in [0.1, 0.15) is 6.54 Å². The fraction of sp³-hybridized carbons (Fsp3) is 0.316. The smallest absolute Gasteiger partial charge is 0.241 e. The molecule has 0 aromatic heterocycles. The molecule has 0 heterocycles. The monoisotopic (exact) mass is 438 g/mol. The maximum atomic E-state index is 12.6. The van der Waals surface area contributed by atoms with E-state index in [1.54, 1.807) is 12.1 Å². The van der Waals surface area contributed by atoms with Crippen LogP contribution >= 0.6 is 15.9 Å². The van der Waals surface area contributed by atoms with Crippen molar-refractivity contribution in [1.82, 2.24) is 5.32 Å². The minimum absolute atomic E-state index is 0.172. The minimum atomic E-state index is -3.58. The summed E-state index contributed by atoms with van der Waals surface area (Å²) < 4.78 is 26.6. The standard InChI is InChI=1S/C19H23BrN2O3S/c1-4-17(15-9-11-16(20)12-10-15)21-19(23)13-22(26(3,24)25)18-8-6-5-7-14(18)2/h5-12,17H,4,13H2,1-3H3,(H,21,23). The number of halogens is 1. The highest BCUT2D eigenvalue weighted by Gasteiger charge is 2.23. The van der Waals surface area contributed by atoms with Crippen molar-refractivity contribution >= 4 is 37.5 Å². The van der Waals surface area contributed by atoms with E-state index in [9.17, 15) is 13.2 Å². The second kappa shape index (κ2) is 8.68. The fourth-order valence-electron chi connectivity index (χ4n) is 2.71. The number of carbonyl (C=O) groups excluding carboxylic acids is 1. The molecule has 0 radical (unpaired) electrons. The minimum Gasteiger partial charge on any atom is -0.348 e. The van der Waals surface area contributed by atoms with Crippen LogP contribution in [0.5, 0.6) is 0 Å². The Morgan fingerprint density at radius 2 is 1.77 bits per heavy atom. The third-order valence-electron chi connectivity index (χ3n) is 4.09. The van der Waals surface area contributed by atoms with Crippen LogP contribution in [0.1, 0.15) is 30.5 Å². The molecule has 0 fully saturated rings. The molecule has 0 aliphatic rings. The SMILES string of the molecule is CCC(NC(=O)CN(c1ccccc1C)S(C)(=O)=O)c1ccc(Br)cc1. The van der Waals surface area contributed by atoms with Gasteiger partial charge in [-0.3, -0.25) is 9.10 Å². The Bertz CT molecular complexity index is 867. The molecule has 7 heteroatoms. The Labute approximate surface area is 163 Å². The summed E-state index contributed by atoms with van der Waals surface area (Å²) in [5.41, 5.74) is 2.29. The van der Waals surface area contributed by atoms with Crippen molar-refractivity contribution in [2.24, 2.45) is 0 Å². The van der Waals surface area contributed by atoms with Crippen LogP contribution in [0.3, 0.4) is 0 Å². The molecule has 1 amide bonds. The van der Waals surface area contributed by atoms with Gasteiger partial charge in [0.15, 0.2) is 0 Å². The van der Waals surface area contributed by atoms with Crippen LogP contribution in [-0.4, -0.2) is 27.1 Å². The molecule has 1 atom stereocenters. The van der Waals surface area contributed by atoms with Crippen molar-refractivity contribution in [3.8, 4) is 0 Å². The summed E-state index contributed by atoms with van der Waals surface area (Å²) in [4.78, 5) is 12.6. The lowest BCUT2D eigenvalue weighted by atomic mass is 10.0. The summed E-state index contributed by atoms with van der Waals surface area (Å²) >= 11 is 3.39. The Balaban J connectivity index is 2.19. The molecule has 0 aliphatic carbocycles. The molecule has 1 unspecified atom stereocenters. The second-order valence-corrected chi connectivity index (χ2v) is 8.96. The van der Waals surface area contributed by atoms with Crippen molar-refractivity contribution in [3.05, 3.63) is 64.1 Å². The maximum Gasteiger partial charge on any atom is 0.241 e. The van der Waals surface area contributed by atoms with Crippen LogP contribution in [-0.2, 0) is 14.8 Å². The van der Waals surface area contributed by atoms with Gasteiger partial charge in [-0.15, -0.1) is 0 Å². The predicted octanol–water partition coefficient (Wildman–Crippen LogP) is 3.79. The number of anilines is 1. The first-order valence-electron chi connectivity index (χ1n) is 8.30. The second-order valence-electron chi connectivity index (χ2n) is 6.14. The molecule has 2 aromatic carbocycles. The van der Waals surface area contributed by atoms with Gasteiger partial charge in [0.05, 0.1) is 18.0 Å². The highest BCUT2D eigenvalue weighted by Crippen LogP contribution is 2.23. The van der Waals surface area contributed by atoms with E-state index >= 15 is 0 Å². The van der Waals surface area contributed by atoms with Crippen LogP contribution in [0.25, 0.3) is 0 Å². The normalized spacial score (nSPS) is 12.5. The third kappa shape index (κ3) is 5.32. The van der Waals surface area contributed by atoms with Crippen molar-refractivity contribution < 1.29 is 13.2 Å². The van der Waals surface area contributed by atoms with Gasteiger partial charge < -0.3 is 5.32 Å². The Kier molecular flexibility index (Phi) is 6.83. The molecule has 0 spiro atoms. The Morgan fingerprint density at radius 3 is 2.31 bits per heavy atom. The lowest BCUT2D eigenvalue weighted by Crippen LogP contribution is -2.41. The molecule has 1 N–H and O–H groups in total. The van der Waals surface area contributed by atoms with Crippen LogP contribution in [0.4, 0.5) is 5.69 Å². The molecule has 0 aliphatic heterocycles. The average molecular weight is 439 g/mol. The van der Waals surface area contributed by atoms with Gasteiger partial charge in [-0.2, -0.15) is 0 Å². The van der Waals surface area contributed by atoms with Crippen molar-refractivity contribution in [3.63, 3.8) is 0 Å². The van der Waals surface area contributed by atoms with E-state index < -0.39 is 10.0 Å². The molecule has 0 bridgehead atoms. The summed E-state index contributed by atoms with van der Waals surface area (Å²) in [6.07, 6.45) is 1.81. The van der Waals surface area contributed by atoms with Crippen molar-refractivity contribution in [2.75, 3.05) is 17.1 Å². The summed E-state index contributed by atoms with van der Waals surface area (Å²) in [7, 11) is -3.58. The van der Waals surface area contributed by atoms with Crippen LogP contribution in [0.2, 0.25) is 0 Å². The zero-order valence-electron chi connectivity index (χ0n) is 15.1. The van der Waals surface area contributed by atoms with E-state index in [4.69, 9.17) is 0 Å². The predicted molar refractivity (Wildman–Crippen MR) is 109 cm³/mol. The third-order valence-corrected chi connectivity index (χ3v) is 5.74. The van der Waals surface area contributed by atoms with Gasteiger partial charge >= 0.3 is 0 Å². The first-order chi connectivity index (χ1) is 12.2. The molecular formula is C19H23BrN2O3S.